The van der Waals surface area contributed by atoms with E-state index in [4.69, 9.17) is 4.74 Å². The molecule has 0 saturated heterocycles. The van der Waals surface area contributed by atoms with E-state index in [1.807, 2.05) is 0 Å². The number of hydrogen-bond acceptors (Lipinski definition) is 7. The van der Waals surface area contributed by atoms with E-state index in [-0.39, 0.29) is 12.0 Å². The zero-order valence-corrected chi connectivity index (χ0v) is 10.5. The van der Waals surface area contributed by atoms with Gasteiger partial charge in [0, 0.05) is 11.8 Å². The summed E-state index contributed by atoms with van der Waals surface area (Å²) >= 11 is 3.01. The number of aromatic nitrogens is 2. The molecule has 1 N–H and O–H groups in total. The SMILES string of the molecule is COC(=O)C(CSc1nncs1)NC1CC1. The van der Waals surface area contributed by atoms with E-state index in [1.54, 1.807) is 5.51 Å². The van der Waals surface area contributed by atoms with Crippen LogP contribution in [-0.4, -0.2) is 41.1 Å². The highest BCUT2D eigenvalue weighted by atomic mass is 32.2. The Morgan fingerprint density at radius 2 is 2.62 bits per heavy atom. The third-order valence-electron chi connectivity index (χ3n) is 2.21. The van der Waals surface area contributed by atoms with Crippen LogP contribution >= 0.6 is 23.1 Å². The molecule has 1 heterocycles. The van der Waals surface area contributed by atoms with Gasteiger partial charge < -0.3 is 10.1 Å². The Morgan fingerprint density at radius 3 is 3.19 bits per heavy atom. The zero-order valence-electron chi connectivity index (χ0n) is 8.88. The predicted molar refractivity (Wildman–Crippen MR) is 62.6 cm³/mol. The van der Waals surface area contributed by atoms with Crippen LogP contribution in [0.15, 0.2) is 9.85 Å². The number of rotatable bonds is 6. The molecular formula is C9H13N3O2S2. The number of carbonyl (C=O) groups excluding carboxylic acids is 1. The van der Waals surface area contributed by atoms with Crippen LogP contribution in [-0.2, 0) is 9.53 Å². The molecular weight excluding hydrogens is 246 g/mol. The Labute approximate surface area is 102 Å². The van der Waals surface area contributed by atoms with Crippen molar-refractivity contribution < 1.29 is 9.53 Å². The lowest BCUT2D eigenvalue weighted by Gasteiger charge is -2.14. The first-order chi connectivity index (χ1) is 7.79. The van der Waals surface area contributed by atoms with E-state index in [2.05, 4.69) is 15.5 Å². The van der Waals surface area contributed by atoms with Crippen molar-refractivity contribution in [2.45, 2.75) is 29.3 Å². The van der Waals surface area contributed by atoms with Gasteiger partial charge >= 0.3 is 5.97 Å². The Hall–Kier alpha value is -0.660. The van der Waals surface area contributed by atoms with Crippen LogP contribution in [0.5, 0.6) is 0 Å². The van der Waals surface area contributed by atoms with Crippen LogP contribution < -0.4 is 5.32 Å². The van der Waals surface area contributed by atoms with Crippen molar-refractivity contribution in [2.75, 3.05) is 12.9 Å². The van der Waals surface area contributed by atoms with Crippen LogP contribution in [0.3, 0.4) is 0 Å². The highest BCUT2D eigenvalue weighted by molar-refractivity contribution is 8.01. The standard InChI is InChI=1S/C9H13N3O2S2/c1-14-8(13)7(11-6-2-3-6)4-15-9-12-10-5-16-9/h5-7,11H,2-4H2,1H3. The van der Waals surface area contributed by atoms with E-state index in [9.17, 15) is 4.79 Å². The molecule has 0 bridgehead atoms. The van der Waals surface area contributed by atoms with Gasteiger partial charge in [0.05, 0.1) is 7.11 Å². The summed E-state index contributed by atoms with van der Waals surface area (Å²) in [4.78, 5) is 11.5. The molecule has 1 atom stereocenters. The predicted octanol–water partition coefficient (Wildman–Crippen LogP) is 0.924. The maximum absolute atomic E-state index is 11.5. The molecule has 0 radical (unpaired) electrons. The van der Waals surface area contributed by atoms with Crippen molar-refractivity contribution in [1.29, 1.82) is 0 Å². The minimum Gasteiger partial charge on any atom is -0.468 e. The largest absolute Gasteiger partial charge is 0.468 e. The molecule has 2 rings (SSSR count). The first kappa shape index (κ1) is 11.8. The number of nitrogens with zero attached hydrogens (tertiary/aromatic N) is 2. The molecule has 1 aliphatic rings. The van der Waals surface area contributed by atoms with Crippen molar-refractivity contribution in [1.82, 2.24) is 15.5 Å². The van der Waals surface area contributed by atoms with Gasteiger partial charge in [-0.2, -0.15) is 0 Å². The monoisotopic (exact) mass is 259 g/mol. The summed E-state index contributed by atoms with van der Waals surface area (Å²) < 4.78 is 5.64. The van der Waals surface area contributed by atoms with Crippen LogP contribution in [0.4, 0.5) is 0 Å². The minimum absolute atomic E-state index is 0.205. The van der Waals surface area contributed by atoms with Crippen molar-refractivity contribution in [3.63, 3.8) is 0 Å². The fourth-order valence-electron chi connectivity index (χ4n) is 1.24. The number of carbonyl (C=O) groups is 1. The second-order valence-electron chi connectivity index (χ2n) is 3.53. The smallest absolute Gasteiger partial charge is 0.323 e. The van der Waals surface area contributed by atoms with Crippen LogP contribution in [0.2, 0.25) is 0 Å². The molecule has 1 aromatic rings. The molecule has 7 heteroatoms. The average molecular weight is 259 g/mol. The van der Waals surface area contributed by atoms with Gasteiger partial charge in [0.25, 0.3) is 0 Å². The van der Waals surface area contributed by atoms with Gasteiger partial charge in [-0.15, -0.1) is 10.2 Å². The molecule has 1 unspecified atom stereocenters. The summed E-state index contributed by atoms with van der Waals surface area (Å²) in [7, 11) is 1.42. The maximum atomic E-state index is 11.5. The molecule has 16 heavy (non-hydrogen) atoms. The van der Waals surface area contributed by atoms with E-state index < -0.39 is 0 Å². The second-order valence-corrected chi connectivity index (χ2v) is 5.63. The fourth-order valence-corrected chi connectivity index (χ4v) is 2.77. The lowest BCUT2D eigenvalue weighted by molar-refractivity contribution is -0.142. The molecule has 1 aliphatic carbocycles. The number of nitrogens with one attached hydrogen (secondary N) is 1. The van der Waals surface area contributed by atoms with Gasteiger partial charge in [0.2, 0.25) is 0 Å². The van der Waals surface area contributed by atoms with Crippen molar-refractivity contribution in [2.24, 2.45) is 0 Å². The summed E-state index contributed by atoms with van der Waals surface area (Å²) in [6, 6.07) is 0.241. The molecule has 1 saturated carbocycles. The van der Waals surface area contributed by atoms with Gasteiger partial charge in [0.15, 0.2) is 4.34 Å². The van der Waals surface area contributed by atoms with E-state index in [1.165, 1.54) is 30.2 Å². The first-order valence-electron chi connectivity index (χ1n) is 5.02. The minimum atomic E-state index is -0.244. The van der Waals surface area contributed by atoms with Crippen molar-refractivity contribution in [3.8, 4) is 0 Å². The third-order valence-corrected chi connectivity index (χ3v) is 4.17. The van der Waals surface area contributed by atoms with Crippen LogP contribution in [0.1, 0.15) is 12.8 Å². The summed E-state index contributed by atoms with van der Waals surface area (Å²) in [5.41, 5.74) is 1.68. The van der Waals surface area contributed by atoms with E-state index in [0.717, 1.165) is 17.2 Å². The summed E-state index contributed by atoms with van der Waals surface area (Å²) in [5, 5.41) is 10.9. The molecule has 1 aromatic heterocycles. The van der Waals surface area contributed by atoms with Crippen molar-refractivity contribution in [3.05, 3.63) is 5.51 Å². The Balaban J connectivity index is 1.83. The lowest BCUT2D eigenvalue weighted by atomic mass is 10.3. The topological polar surface area (TPSA) is 64.1 Å². The van der Waals surface area contributed by atoms with Crippen molar-refractivity contribution >= 4 is 29.1 Å². The number of esters is 1. The molecule has 0 aromatic carbocycles. The van der Waals surface area contributed by atoms with E-state index in [0.29, 0.717) is 11.8 Å². The molecule has 0 aliphatic heterocycles. The van der Waals surface area contributed by atoms with Gasteiger partial charge in [-0.1, -0.05) is 23.1 Å². The third kappa shape index (κ3) is 3.43. The maximum Gasteiger partial charge on any atom is 0.323 e. The van der Waals surface area contributed by atoms with Gasteiger partial charge in [-0.3, -0.25) is 4.79 Å². The number of thioether (sulfide) groups is 1. The summed E-state index contributed by atoms with van der Waals surface area (Å²) in [6.07, 6.45) is 2.30. The lowest BCUT2D eigenvalue weighted by Crippen LogP contribution is -2.40. The first-order valence-corrected chi connectivity index (χ1v) is 6.89. The fraction of sp³-hybridized carbons (Fsp3) is 0.667. The molecule has 1 fully saturated rings. The second kappa shape index (κ2) is 5.60. The molecule has 0 amide bonds. The van der Waals surface area contributed by atoms with Crippen LogP contribution in [0.25, 0.3) is 0 Å². The van der Waals surface area contributed by atoms with Gasteiger partial charge in [-0.05, 0) is 12.8 Å². The Kier molecular flexibility index (Phi) is 4.14. The van der Waals surface area contributed by atoms with Crippen LogP contribution in [0, 0.1) is 0 Å². The summed E-state index contributed by atoms with van der Waals surface area (Å²) in [5.74, 6) is 0.433. The average Bonchev–Trinajstić information content (AvgIpc) is 2.97. The quantitative estimate of drug-likeness (QED) is 0.605. The molecule has 88 valence electrons. The Morgan fingerprint density at radius 1 is 1.81 bits per heavy atom. The van der Waals surface area contributed by atoms with Gasteiger partial charge in [0.1, 0.15) is 11.6 Å². The zero-order chi connectivity index (χ0) is 11.4. The molecule has 5 nitrogen and oxygen atoms in total. The van der Waals surface area contributed by atoms with Gasteiger partial charge in [-0.25, -0.2) is 0 Å². The highest BCUT2D eigenvalue weighted by Crippen LogP contribution is 2.23. The Bertz CT molecular complexity index is 341. The number of methoxy groups -OCH3 is 1. The molecule has 0 spiro atoms. The van der Waals surface area contributed by atoms with E-state index >= 15 is 0 Å². The summed E-state index contributed by atoms with van der Waals surface area (Å²) in [6.45, 7) is 0. The number of ether oxygens (including phenoxy) is 1. The normalized spacial score (nSPS) is 17.1. The highest BCUT2D eigenvalue weighted by Gasteiger charge is 2.29. The number of hydrogen-bond donors (Lipinski definition) is 1.